The van der Waals surface area contributed by atoms with Crippen LogP contribution >= 0.6 is 11.6 Å². The van der Waals surface area contributed by atoms with E-state index < -0.39 is 17.5 Å². The van der Waals surface area contributed by atoms with Crippen LogP contribution in [0.25, 0.3) is 0 Å². The maximum absolute atomic E-state index is 13.0. The zero-order valence-corrected chi connectivity index (χ0v) is 9.84. The quantitative estimate of drug-likeness (QED) is 0.879. The summed E-state index contributed by atoms with van der Waals surface area (Å²) in [5.41, 5.74) is 0.279. The third-order valence-electron chi connectivity index (χ3n) is 2.25. The van der Waals surface area contributed by atoms with E-state index in [9.17, 15) is 13.6 Å². The molecule has 2 aromatic rings. The number of para-hydroxylation sites is 1. The Bertz CT molecular complexity index is 581. The number of anilines is 1. The van der Waals surface area contributed by atoms with Gasteiger partial charge in [-0.2, -0.15) is 0 Å². The predicted octanol–water partition coefficient (Wildman–Crippen LogP) is 3.87. The summed E-state index contributed by atoms with van der Waals surface area (Å²) in [5.74, 6) is -2.24. The van der Waals surface area contributed by atoms with Crippen molar-refractivity contribution in [1.82, 2.24) is 0 Å². The van der Waals surface area contributed by atoms with Crippen LogP contribution in [0.5, 0.6) is 0 Å². The Kier molecular flexibility index (Phi) is 3.58. The van der Waals surface area contributed by atoms with Crippen molar-refractivity contribution in [1.29, 1.82) is 0 Å². The molecule has 0 heterocycles. The summed E-state index contributed by atoms with van der Waals surface area (Å²) in [5, 5.41) is 2.83. The number of nitrogens with one attached hydrogen (secondary N) is 1. The zero-order chi connectivity index (χ0) is 13.1. The van der Waals surface area contributed by atoms with Gasteiger partial charge in [-0.15, -0.1) is 0 Å². The van der Waals surface area contributed by atoms with Crippen molar-refractivity contribution in [3.05, 3.63) is 64.7 Å². The van der Waals surface area contributed by atoms with Gasteiger partial charge in [-0.05, 0) is 24.3 Å². The molecule has 0 saturated carbocycles. The summed E-state index contributed by atoms with van der Waals surface area (Å²) in [7, 11) is 0. The first-order chi connectivity index (χ1) is 8.56. The number of rotatable bonds is 2. The maximum Gasteiger partial charge on any atom is 0.255 e. The third kappa shape index (κ3) is 2.84. The molecule has 0 radical (unpaired) electrons. The molecule has 92 valence electrons. The lowest BCUT2D eigenvalue weighted by molar-refractivity contribution is 0.102. The highest BCUT2D eigenvalue weighted by Gasteiger charge is 2.10. The monoisotopic (exact) mass is 267 g/mol. The van der Waals surface area contributed by atoms with Crippen molar-refractivity contribution in [2.75, 3.05) is 5.32 Å². The molecule has 1 N–H and O–H groups in total. The lowest BCUT2D eigenvalue weighted by atomic mass is 10.2. The molecule has 0 aliphatic heterocycles. The van der Waals surface area contributed by atoms with E-state index in [0.29, 0.717) is 16.8 Å². The standard InChI is InChI=1S/C13H8ClF2NO/c14-11-3-1-2-4-12(11)17-13(18)8-5-9(15)7-10(16)6-8/h1-7H,(H,17,18). The molecule has 2 aromatic carbocycles. The molecule has 5 heteroatoms. The van der Waals surface area contributed by atoms with E-state index in [1.807, 2.05) is 0 Å². The summed E-state index contributed by atoms with van der Waals surface area (Å²) < 4.78 is 25.9. The number of carbonyl (C=O) groups excluding carboxylic acids is 1. The van der Waals surface area contributed by atoms with Gasteiger partial charge in [0, 0.05) is 11.6 Å². The third-order valence-corrected chi connectivity index (χ3v) is 2.58. The van der Waals surface area contributed by atoms with Gasteiger partial charge in [-0.1, -0.05) is 23.7 Å². The van der Waals surface area contributed by atoms with Crippen molar-refractivity contribution >= 4 is 23.2 Å². The fraction of sp³-hybridized carbons (Fsp3) is 0. The average molecular weight is 268 g/mol. The van der Waals surface area contributed by atoms with Gasteiger partial charge < -0.3 is 5.32 Å². The first-order valence-electron chi connectivity index (χ1n) is 5.08. The van der Waals surface area contributed by atoms with Gasteiger partial charge in [0.2, 0.25) is 0 Å². The topological polar surface area (TPSA) is 29.1 Å². The summed E-state index contributed by atoms with van der Waals surface area (Å²) in [6, 6.07) is 9.20. The first-order valence-corrected chi connectivity index (χ1v) is 5.46. The molecule has 0 aliphatic rings. The smallest absolute Gasteiger partial charge is 0.255 e. The molecule has 0 unspecified atom stereocenters. The van der Waals surface area contributed by atoms with Crippen LogP contribution in [0, 0.1) is 11.6 Å². The second-order valence-electron chi connectivity index (χ2n) is 3.59. The van der Waals surface area contributed by atoms with Crippen molar-refractivity contribution in [3.63, 3.8) is 0 Å². The minimum absolute atomic E-state index is 0.104. The molecule has 2 nitrogen and oxygen atoms in total. The van der Waals surface area contributed by atoms with Gasteiger partial charge >= 0.3 is 0 Å². The molecule has 0 saturated heterocycles. The Hall–Kier alpha value is -1.94. The predicted molar refractivity (Wildman–Crippen MR) is 65.8 cm³/mol. The fourth-order valence-corrected chi connectivity index (χ4v) is 1.62. The molecular weight excluding hydrogens is 260 g/mol. The summed E-state index contributed by atoms with van der Waals surface area (Å²) in [6.45, 7) is 0. The Morgan fingerprint density at radius 2 is 1.67 bits per heavy atom. The van der Waals surface area contributed by atoms with Crippen LogP contribution in [0.4, 0.5) is 14.5 Å². The lowest BCUT2D eigenvalue weighted by Gasteiger charge is -2.07. The van der Waals surface area contributed by atoms with Gasteiger partial charge in [0.1, 0.15) is 11.6 Å². The SMILES string of the molecule is O=C(Nc1ccccc1Cl)c1cc(F)cc(F)c1. The molecule has 1 amide bonds. The Labute approximate surface area is 107 Å². The Morgan fingerprint density at radius 1 is 1.06 bits per heavy atom. The van der Waals surface area contributed by atoms with Crippen molar-refractivity contribution < 1.29 is 13.6 Å². The van der Waals surface area contributed by atoms with Crippen molar-refractivity contribution in [2.45, 2.75) is 0 Å². The minimum atomic E-state index is -0.806. The fourth-order valence-electron chi connectivity index (χ4n) is 1.44. The maximum atomic E-state index is 13.0. The van der Waals surface area contributed by atoms with Crippen LogP contribution in [-0.2, 0) is 0 Å². The second-order valence-corrected chi connectivity index (χ2v) is 4.00. The Balaban J connectivity index is 2.25. The number of amides is 1. The minimum Gasteiger partial charge on any atom is -0.321 e. The molecule has 0 spiro atoms. The van der Waals surface area contributed by atoms with Crippen LogP contribution in [0.2, 0.25) is 5.02 Å². The van der Waals surface area contributed by atoms with Gasteiger partial charge in [0.05, 0.1) is 10.7 Å². The van der Waals surface area contributed by atoms with E-state index in [0.717, 1.165) is 12.1 Å². The molecule has 0 atom stereocenters. The van der Waals surface area contributed by atoms with E-state index in [-0.39, 0.29) is 5.56 Å². The largest absolute Gasteiger partial charge is 0.321 e. The number of halogens is 3. The van der Waals surface area contributed by atoms with E-state index in [1.54, 1.807) is 24.3 Å². The van der Waals surface area contributed by atoms with Gasteiger partial charge in [-0.25, -0.2) is 8.78 Å². The molecule has 0 bridgehead atoms. The lowest BCUT2D eigenvalue weighted by Crippen LogP contribution is -2.12. The van der Waals surface area contributed by atoms with Gasteiger partial charge in [0.15, 0.2) is 0 Å². The van der Waals surface area contributed by atoms with E-state index in [2.05, 4.69) is 5.32 Å². The van der Waals surface area contributed by atoms with Crippen LogP contribution in [-0.4, -0.2) is 5.91 Å². The van der Waals surface area contributed by atoms with Crippen molar-refractivity contribution in [3.8, 4) is 0 Å². The molecule has 0 aliphatic carbocycles. The van der Waals surface area contributed by atoms with E-state index >= 15 is 0 Å². The van der Waals surface area contributed by atoms with Crippen LogP contribution < -0.4 is 5.32 Å². The highest BCUT2D eigenvalue weighted by molar-refractivity contribution is 6.33. The van der Waals surface area contributed by atoms with Gasteiger partial charge in [0.25, 0.3) is 5.91 Å². The molecular formula is C13H8ClF2NO. The number of hydrogen-bond acceptors (Lipinski definition) is 1. The molecule has 0 aromatic heterocycles. The normalized spacial score (nSPS) is 10.2. The highest BCUT2D eigenvalue weighted by Crippen LogP contribution is 2.21. The second kappa shape index (κ2) is 5.14. The van der Waals surface area contributed by atoms with E-state index in [4.69, 9.17) is 11.6 Å². The molecule has 0 fully saturated rings. The summed E-state index contributed by atoms with van der Waals surface area (Å²) in [4.78, 5) is 11.8. The summed E-state index contributed by atoms with van der Waals surface area (Å²) in [6.07, 6.45) is 0. The first kappa shape index (κ1) is 12.5. The molecule has 2 rings (SSSR count). The van der Waals surface area contributed by atoms with Crippen LogP contribution in [0.1, 0.15) is 10.4 Å². The van der Waals surface area contributed by atoms with E-state index in [1.165, 1.54) is 0 Å². The molecule has 18 heavy (non-hydrogen) atoms. The highest BCUT2D eigenvalue weighted by atomic mass is 35.5. The zero-order valence-electron chi connectivity index (χ0n) is 9.08. The van der Waals surface area contributed by atoms with Gasteiger partial charge in [-0.3, -0.25) is 4.79 Å². The number of hydrogen-bond donors (Lipinski definition) is 1. The van der Waals surface area contributed by atoms with Crippen LogP contribution in [0.15, 0.2) is 42.5 Å². The summed E-state index contributed by atoms with van der Waals surface area (Å²) >= 11 is 5.86. The van der Waals surface area contributed by atoms with Crippen molar-refractivity contribution in [2.24, 2.45) is 0 Å². The number of benzene rings is 2. The average Bonchev–Trinajstić information content (AvgIpc) is 2.31. The Morgan fingerprint density at radius 3 is 2.28 bits per heavy atom. The number of carbonyl (C=O) groups is 1. The van der Waals surface area contributed by atoms with Crippen LogP contribution in [0.3, 0.4) is 0 Å².